The van der Waals surface area contributed by atoms with Gasteiger partial charge in [-0.15, -0.1) is 0 Å². The molecule has 2 aliphatic heterocycles. The lowest BCUT2D eigenvalue weighted by molar-refractivity contribution is -0.0760. The standard InChI is InChI=1S/C15H23N3OS/c1-3-7-16-13-11-9-20-10-12(11)17-14(18-13)15(2)6-4-5-8-19-15/h3-10H2,1-2H3,(H,16,17,18). The van der Waals surface area contributed by atoms with Gasteiger partial charge in [0.05, 0.1) is 5.69 Å². The molecule has 20 heavy (non-hydrogen) atoms. The van der Waals surface area contributed by atoms with Gasteiger partial charge in [-0.2, -0.15) is 11.8 Å². The highest BCUT2D eigenvalue weighted by Gasteiger charge is 2.35. The number of nitrogens with zero attached hydrogens (tertiary/aromatic N) is 2. The van der Waals surface area contributed by atoms with E-state index < -0.39 is 0 Å². The second-order valence-corrected chi connectivity index (χ2v) is 6.76. The quantitative estimate of drug-likeness (QED) is 0.921. The van der Waals surface area contributed by atoms with Gasteiger partial charge in [-0.1, -0.05) is 6.92 Å². The van der Waals surface area contributed by atoms with E-state index in [0.29, 0.717) is 0 Å². The summed E-state index contributed by atoms with van der Waals surface area (Å²) in [6, 6.07) is 0. The molecule has 0 spiro atoms. The molecule has 1 saturated heterocycles. The lowest BCUT2D eigenvalue weighted by Gasteiger charge is -2.32. The van der Waals surface area contributed by atoms with E-state index in [1.165, 1.54) is 17.7 Å². The SMILES string of the molecule is CCCNc1nc(C2(C)CCCCO2)nc2c1CSC2. The van der Waals surface area contributed by atoms with Crippen LogP contribution in [0, 0.1) is 0 Å². The average molecular weight is 293 g/mol. The van der Waals surface area contributed by atoms with Crippen molar-refractivity contribution in [2.24, 2.45) is 0 Å². The first-order chi connectivity index (χ1) is 9.73. The first kappa shape index (κ1) is 14.1. The molecule has 1 aromatic heterocycles. The molecule has 1 fully saturated rings. The predicted molar refractivity (Wildman–Crippen MR) is 83.0 cm³/mol. The van der Waals surface area contributed by atoms with Gasteiger partial charge >= 0.3 is 0 Å². The van der Waals surface area contributed by atoms with Crippen LogP contribution in [0.2, 0.25) is 0 Å². The van der Waals surface area contributed by atoms with E-state index in [2.05, 4.69) is 19.2 Å². The fourth-order valence-corrected chi connectivity index (χ4v) is 3.83. The van der Waals surface area contributed by atoms with Crippen molar-refractivity contribution in [3.8, 4) is 0 Å². The lowest BCUT2D eigenvalue weighted by Crippen LogP contribution is -2.33. The van der Waals surface area contributed by atoms with Crippen LogP contribution < -0.4 is 5.32 Å². The summed E-state index contributed by atoms with van der Waals surface area (Å²) in [5.41, 5.74) is 2.20. The van der Waals surface area contributed by atoms with Gasteiger partial charge in [0.25, 0.3) is 0 Å². The van der Waals surface area contributed by atoms with Gasteiger partial charge in [-0.25, -0.2) is 9.97 Å². The van der Waals surface area contributed by atoms with Crippen molar-refractivity contribution in [2.75, 3.05) is 18.5 Å². The van der Waals surface area contributed by atoms with Crippen LogP contribution in [-0.2, 0) is 21.8 Å². The minimum atomic E-state index is -0.302. The lowest BCUT2D eigenvalue weighted by atomic mass is 9.95. The number of hydrogen-bond acceptors (Lipinski definition) is 5. The summed E-state index contributed by atoms with van der Waals surface area (Å²) >= 11 is 1.92. The van der Waals surface area contributed by atoms with E-state index >= 15 is 0 Å². The van der Waals surface area contributed by atoms with E-state index in [0.717, 1.165) is 55.6 Å². The second kappa shape index (κ2) is 5.90. The second-order valence-electron chi connectivity index (χ2n) is 5.78. The molecule has 110 valence electrons. The Morgan fingerprint density at radius 1 is 1.30 bits per heavy atom. The molecule has 3 heterocycles. The van der Waals surface area contributed by atoms with Crippen molar-refractivity contribution in [3.05, 3.63) is 17.1 Å². The van der Waals surface area contributed by atoms with Crippen LogP contribution in [0.1, 0.15) is 56.6 Å². The monoisotopic (exact) mass is 293 g/mol. The Morgan fingerprint density at radius 3 is 2.95 bits per heavy atom. The number of aromatic nitrogens is 2. The number of anilines is 1. The van der Waals surface area contributed by atoms with Gasteiger partial charge in [0.1, 0.15) is 11.4 Å². The zero-order valence-corrected chi connectivity index (χ0v) is 13.2. The molecular weight excluding hydrogens is 270 g/mol. The zero-order valence-electron chi connectivity index (χ0n) is 12.4. The van der Waals surface area contributed by atoms with Gasteiger partial charge in [-0.05, 0) is 32.6 Å². The molecule has 0 saturated carbocycles. The Morgan fingerprint density at radius 2 is 2.20 bits per heavy atom. The van der Waals surface area contributed by atoms with Crippen LogP contribution in [0.4, 0.5) is 5.82 Å². The molecule has 0 aliphatic carbocycles. The number of rotatable bonds is 4. The molecule has 0 amide bonds. The smallest absolute Gasteiger partial charge is 0.162 e. The number of nitrogens with one attached hydrogen (secondary N) is 1. The Labute approximate surface area is 125 Å². The minimum absolute atomic E-state index is 0.302. The Hall–Kier alpha value is -0.810. The van der Waals surface area contributed by atoms with E-state index in [1.807, 2.05) is 11.8 Å². The number of hydrogen-bond donors (Lipinski definition) is 1. The van der Waals surface area contributed by atoms with Crippen molar-refractivity contribution >= 4 is 17.6 Å². The maximum Gasteiger partial charge on any atom is 0.162 e. The molecule has 5 heteroatoms. The average Bonchev–Trinajstić information content (AvgIpc) is 2.94. The Kier molecular flexibility index (Phi) is 4.17. The Bertz CT molecular complexity index is 486. The third-order valence-electron chi connectivity index (χ3n) is 4.06. The highest BCUT2D eigenvalue weighted by atomic mass is 32.2. The summed E-state index contributed by atoms with van der Waals surface area (Å²) in [4.78, 5) is 9.64. The normalized spacial score (nSPS) is 25.5. The molecule has 0 radical (unpaired) electrons. The van der Waals surface area contributed by atoms with Crippen LogP contribution in [0.5, 0.6) is 0 Å². The predicted octanol–water partition coefficient (Wildman–Crippen LogP) is 3.46. The summed E-state index contributed by atoms with van der Waals surface area (Å²) in [5.74, 6) is 3.94. The number of ether oxygens (including phenoxy) is 1. The van der Waals surface area contributed by atoms with Gasteiger partial charge in [0.15, 0.2) is 5.82 Å². The summed E-state index contributed by atoms with van der Waals surface area (Å²) in [7, 11) is 0. The molecule has 1 aromatic rings. The maximum absolute atomic E-state index is 6.01. The van der Waals surface area contributed by atoms with Crippen molar-refractivity contribution in [1.82, 2.24) is 9.97 Å². The maximum atomic E-state index is 6.01. The highest BCUT2D eigenvalue weighted by molar-refractivity contribution is 7.98. The first-order valence-electron chi connectivity index (χ1n) is 7.59. The summed E-state index contributed by atoms with van der Waals surface area (Å²) < 4.78 is 6.01. The molecule has 1 N–H and O–H groups in total. The fraction of sp³-hybridized carbons (Fsp3) is 0.733. The summed E-state index contributed by atoms with van der Waals surface area (Å²) in [6.07, 6.45) is 4.47. The van der Waals surface area contributed by atoms with E-state index in [9.17, 15) is 0 Å². The third kappa shape index (κ3) is 2.66. The zero-order chi connectivity index (χ0) is 14.0. The third-order valence-corrected chi connectivity index (χ3v) is 5.03. The van der Waals surface area contributed by atoms with Crippen LogP contribution in [0.25, 0.3) is 0 Å². The minimum Gasteiger partial charge on any atom is -0.370 e. The van der Waals surface area contributed by atoms with Gasteiger partial charge in [0.2, 0.25) is 0 Å². The van der Waals surface area contributed by atoms with Gasteiger partial charge in [0, 0.05) is 30.2 Å². The molecule has 3 rings (SSSR count). The highest BCUT2D eigenvalue weighted by Crippen LogP contribution is 2.38. The fourth-order valence-electron chi connectivity index (χ4n) is 2.79. The largest absolute Gasteiger partial charge is 0.370 e. The van der Waals surface area contributed by atoms with E-state index in [-0.39, 0.29) is 5.60 Å². The van der Waals surface area contributed by atoms with Crippen molar-refractivity contribution in [1.29, 1.82) is 0 Å². The summed E-state index contributed by atoms with van der Waals surface area (Å²) in [6.45, 7) is 6.10. The van der Waals surface area contributed by atoms with Crippen molar-refractivity contribution in [3.63, 3.8) is 0 Å². The van der Waals surface area contributed by atoms with Crippen LogP contribution in [-0.4, -0.2) is 23.1 Å². The molecule has 0 aromatic carbocycles. The molecule has 0 bridgehead atoms. The molecule has 2 aliphatic rings. The molecular formula is C15H23N3OS. The van der Waals surface area contributed by atoms with Crippen LogP contribution in [0.15, 0.2) is 0 Å². The summed E-state index contributed by atoms with van der Waals surface area (Å²) in [5, 5.41) is 3.47. The number of thioether (sulfide) groups is 1. The number of fused-ring (bicyclic) bond motifs is 1. The topological polar surface area (TPSA) is 47.0 Å². The van der Waals surface area contributed by atoms with E-state index in [4.69, 9.17) is 14.7 Å². The van der Waals surface area contributed by atoms with E-state index in [1.54, 1.807) is 0 Å². The molecule has 4 nitrogen and oxygen atoms in total. The van der Waals surface area contributed by atoms with Crippen LogP contribution >= 0.6 is 11.8 Å². The van der Waals surface area contributed by atoms with Gasteiger partial charge < -0.3 is 10.1 Å². The van der Waals surface area contributed by atoms with Crippen molar-refractivity contribution < 1.29 is 4.74 Å². The first-order valence-corrected chi connectivity index (χ1v) is 8.74. The van der Waals surface area contributed by atoms with Crippen molar-refractivity contribution in [2.45, 2.75) is 56.6 Å². The molecule has 1 unspecified atom stereocenters. The van der Waals surface area contributed by atoms with Gasteiger partial charge in [-0.3, -0.25) is 0 Å². The van der Waals surface area contributed by atoms with Crippen LogP contribution in [0.3, 0.4) is 0 Å². The molecule has 1 atom stereocenters. The Balaban J connectivity index is 1.95.